The molecule has 1 aromatic heterocycles. The van der Waals surface area contributed by atoms with Crippen LogP contribution < -0.4 is 20.6 Å². The highest BCUT2D eigenvalue weighted by Crippen LogP contribution is 2.62. The molecule has 73 heavy (non-hydrogen) atoms. The lowest BCUT2D eigenvalue weighted by molar-refractivity contribution is 0.332. The summed E-state index contributed by atoms with van der Waals surface area (Å²) in [5.41, 5.74) is 24.1. The molecule has 0 bridgehead atoms. The Balaban J connectivity index is 1.17. The van der Waals surface area contributed by atoms with Crippen LogP contribution in [0.3, 0.4) is 0 Å². The number of fused-ring (bicyclic) bond motifs is 9. The number of nitrogens with zero attached hydrogens (tertiary/aromatic N) is 2. The van der Waals surface area contributed by atoms with Crippen molar-refractivity contribution in [2.75, 3.05) is 9.71 Å². The number of hydrogen-bond acceptors (Lipinski definition) is 3. The van der Waals surface area contributed by atoms with Gasteiger partial charge < -0.3 is 9.71 Å². The fourth-order valence-electron chi connectivity index (χ4n) is 13.5. The lowest BCUT2D eigenvalue weighted by Crippen LogP contribution is -2.63. The Kier molecular flexibility index (Phi) is 9.59. The van der Waals surface area contributed by atoms with Gasteiger partial charge in [-0.2, -0.15) is 0 Å². The molecule has 14 rings (SSSR count). The summed E-state index contributed by atoms with van der Waals surface area (Å²) < 4.78 is 1.36. The molecule has 0 spiro atoms. The van der Waals surface area contributed by atoms with E-state index in [9.17, 15) is 0 Å². The van der Waals surface area contributed by atoms with Crippen molar-refractivity contribution >= 4 is 66.9 Å². The summed E-state index contributed by atoms with van der Waals surface area (Å²) in [5, 5.41) is 2.67. The summed E-state index contributed by atoms with van der Waals surface area (Å²) in [6.45, 7) is 16.8. The van der Waals surface area contributed by atoms with Crippen molar-refractivity contribution in [3.63, 3.8) is 0 Å². The van der Waals surface area contributed by atoms with E-state index in [-0.39, 0.29) is 23.1 Å². The van der Waals surface area contributed by atoms with E-state index in [1.807, 2.05) is 11.3 Å². The largest absolute Gasteiger partial charge is 0.376 e. The molecule has 0 N–H and O–H groups in total. The normalized spacial score (nSPS) is 16.3. The Morgan fingerprint density at radius 2 is 1.04 bits per heavy atom. The van der Waals surface area contributed by atoms with Gasteiger partial charge in [-0.05, 0) is 149 Å². The molecule has 0 amide bonds. The number of anilines is 5. The number of benzene rings is 9. The Hall–Kier alpha value is -7.40. The molecule has 0 unspecified atom stereocenters. The van der Waals surface area contributed by atoms with Gasteiger partial charge in [-0.25, -0.2) is 0 Å². The molecule has 0 atom stereocenters. The second kappa shape index (κ2) is 15.8. The highest BCUT2D eigenvalue weighted by Gasteiger charge is 2.55. The fraction of sp³-hybridized carbons (Fsp3) is 0.188. The molecule has 354 valence electrons. The van der Waals surface area contributed by atoms with Crippen molar-refractivity contribution in [2.45, 2.75) is 83.0 Å². The van der Waals surface area contributed by atoms with E-state index < -0.39 is 5.41 Å². The van der Waals surface area contributed by atoms with Crippen LogP contribution in [0, 0.1) is 0 Å². The van der Waals surface area contributed by atoms with Crippen LogP contribution in [0.4, 0.5) is 27.8 Å². The van der Waals surface area contributed by atoms with E-state index in [0.29, 0.717) is 0 Å². The average molecular weight is 959 g/mol. The highest BCUT2D eigenvalue weighted by atomic mass is 32.1. The van der Waals surface area contributed by atoms with Crippen molar-refractivity contribution in [1.29, 1.82) is 0 Å². The van der Waals surface area contributed by atoms with Crippen LogP contribution in [0.1, 0.15) is 100 Å². The molecule has 1 aliphatic carbocycles. The van der Waals surface area contributed by atoms with E-state index in [4.69, 9.17) is 0 Å². The summed E-state index contributed by atoms with van der Waals surface area (Å²) in [4.78, 5) is 5.50. The van der Waals surface area contributed by atoms with Crippen LogP contribution in [0.15, 0.2) is 206 Å². The van der Waals surface area contributed by atoms with Crippen molar-refractivity contribution in [3.8, 4) is 33.4 Å². The van der Waals surface area contributed by atoms with Gasteiger partial charge in [0.1, 0.15) is 0 Å². The third-order valence-electron chi connectivity index (χ3n) is 17.3. The van der Waals surface area contributed by atoms with E-state index in [1.165, 1.54) is 128 Å². The van der Waals surface area contributed by atoms with Gasteiger partial charge in [-0.1, -0.05) is 212 Å². The standard InChI is InChI=1S/C69H59BN2S/c1-66(2,3)49-35-36-58(51(41-49)45-25-14-9-15-26-45)71-60-40-46(44-23-12-8-13-24-44)39-52-50-31-22-33-55-64(50)72(59-34-21-20-32-54(59)69(55,47-27-16-10-17-28-47)48-29-18-11-19-30-48)70(62(52)60)63-53-42-56-57(43-61(53)73-65(63)71)68(6,7)38-37-67(56,4)5/h8-36,39-43H,37-38H2,1-7H3. The van der Waals surface area contributed by atoms with Crippen LogP contribution in [-0.4, -0.2) is 6.85 Å². The van der Waals surface area contributed by atoms with Gasteiger partial charge in [0.05, 0.1) is 16.1 Å². The first-order valence-electron chi connectivity index (χ1n) is 26.3. The minimum absolute atomic E-state index is 0.0359. The summed E-state index contributed by atoms with van der Waals surface area (Å²) in [6, 6.07) is 79.1. The van der Waals surface area contributed by atoms with Gasteiger partial charge in [0.2, 0.25) is 0 Å². The van der Waals surface area contributed by atoms with Gasteiger partial charge in [0.25, 0.3) is 0 Å². The Labute approximate surface area is 435 Å². The molecule has 0 saturated carbocycles. The molecule has 3 aliphatic heterocycles. The van der Waals surface area contributed by atoms with Crippen LogP contribution in [0.2, 0.25) is 0 Å². The molecular weight excluding hydrogens is 900 g/mol. The molecule has 4 aliphatic rings. The number of rotatable bonds is 5. The first-order valence-corrected chi connectivity index (χ1v) is 27.1. The SMILES string of the molecule is CC(C)(C)c1ccc(N2c3cc(-c4ccccc4)cc4c3B(c3c2sc2cc5c(cc32)C(C)(C)CCC5(C)C)N2c3ccccc3C(c3ccccc3)(c3ccccc3)c3cccc-4c32)c(-c2ccccc2)c1. The third kappa shape index (κ3) is 6.36. The smallest absolute Gasteiger partial charge is 0.334 e. The van der Waals surface area contributed by atoms with Gasteiger partial charge in [-0.3, -0.25) is 0 Å². The Morgan fingerprint density at radius 3 is 1.70 bits per heavy atom. The second-order valence-corrected chi connectivity index (χ2v) is 24.5. The Morgan fingerprint density at radius 1 is 0.452 bits per heavy atom. The van der Waals surface area contributed by atoms with E-state index >= 15 is 0 Å². The molecule has 0 saturated heterocycles. The quantitative estimate of drug-likeness (QED) is 0.159. The summed E-state index contributed by atoms with van der Waals surface area (Å²) in [6.07, 6.45) is 2.33. The van der Waals surface area contributed by atoms with Crippen molar-refractivity contribution in [3.05, 3.63) is 245 Å². The molecular formula is C69H59BN2S. The van der Waals surface area contributed by atoms with E-state index in [1.54, 1.807) is 0 Å². The molecule has 0 fully saturated rings. The van der Waals surface area contributed by atoms with Gasteiger partial charge in [0, 0.05) is 32.9 Å². The first kappa shape index (κ1) is 44.3. The minimum atomic E-state index is -0.591. The zero-order valence-corrected chi connectivity index (χ0v) is 43.7. The van der Waals surface area contributed by atoms with Crippen LogP contribution in [0.5, 0.6) is 0 Å². The molecule has 4 heteroatoms. The van der Waals surface area contributed by atoms with Crippen molar-refractivity contribution < 1.29 is 0 Å². The summed E-state index contributed by atoms with van der Waals surface area (Å²) in [5.74, 6) is 0. The summed E-state index contributed by atoms with van der Waals surface area (Å²) in [7, 11) is 0. The minimum Gasteiger partial charge on any atom is -0.376 e. The predicted molar refractivity (Wildman–Crippen MR) is 312 cm³/mol. The van der Waals surface area contributed by atoms with Crippen LogP contribution >= 0.6 is 11.3 Å². The van der Waals surface area contributed by atoms with Gasteiger partial charge >= 0.3 is 6.85 Å². The molecule has 10 aromatic rings. The van der Waals surface area contributed by atoms with Crippen molar-refractivity contribution in [1.82, 2.24) is 0 Å². The third-order valence-corrected chi connectivity index (χ3v) is 18.5. The van der Waals surface area contributed by atoms with Crippen LogP contribution in [0.25, 0.3) is 43.5 Å². The maximum atomic E-state index is 2.80. The Bertz CT molecular complexity index is 3810. The summed E-state index contributed by atoms with van der Waals surface area (Å²) >= 11 is 1.99. The molecule has 4 heterocycles. The number of para-hydroxylation sites is 2. The first-order chi connectivity index (χ1) is 35.3. The molecule has 9 aromatic carbocycles. The van der Waals surface area contributed by atoms with Gasteiger partial charge in [0.15, 0.2) is 0 Å². The van der Waals surface area contributed by atoms with E-state index in [2.05, 4.69) is 264 Å². The number of thiophene rings is 1. The van der Waals surface area contributed by atoms with E-state index in [0.717, 1.165) is 6.42 Å². The zero-order valence-electron chi connectivity index (χ0n) is 42.9. The maximum Gasteiger partial charge on any atom is 0.334 e. The monoisotopic (exact) mass is 958 g/mol. The average Bonchev–Trinajstić information content (AvgIpc) is 3.80. The predicted octanol–water partition coefficient (Wildman–Crippen LogP) is 17.3. The molecule has 2 nitrogen and oxygen atoms in total. The topological polar surface area (TPSA) is 6.48 Å². The van der Waals surface area contributed by atoms with Crippen LogP contribution in [-0.2, 0) is 21.7 Å². The molecule has 0 radical (unpaired) electrons. The lowest BCUT2D eigenvalue weighted by atomic mass is 9.42. The number of hydrogen-bond donors (Lipinski definition) is 0. The second-order valence-electron chi connectivity index (χ2n) is 23.5. The zero-order chi connectivity index (χ0) is 49.6. The van der Waals surface area contributed by atoms with Gasteiger partial charge in [-0.15, -0.1) is 11.3 Å². The maximum absolute atomic E-state index is 2.80. The highest BCUT2D eigenvalue weighted by molar-refractivity contribution is 7.26. The lowest BCUT2D eigenvalue weighted by Gasteiger charge is -2.52. The van der Waals surface area contributed by atoms with Crippen molar-refractivity contribution in [2.24, 2.45) is 0 Å². The fourth-order valence-corrected chi connectivity index (χ4v) is 14.8.